The number of rotatable bonds is 7. The minimum Gasteiger partial charge on any atom is -0.345 e. The standard InChI is InChI=1S/C22H23FN2O/c1-2-14-25(22(26)20-12-6-7-13-21(20)23)17-19-11-8-15-24(19)16-18-9-4-3-5-10-18/h3-13,15H,2,14,16-17H2,1H3. The van der Waals surface area contributed by atoms with Crippen LogP contribution in [0.3, 0.4) is 0 Å². The molecule has 0 aliphatic rings. The van der Waals surface area contributed by atoms with Gasteiger partial charge in [-0.15, -0.1) is 0 Å². The zero-order valence-electron chi connectivity index (χ0n) is 14.9. The van der Waals surface area contributed by atoms with Crippen LogP contribution in [-0.2, 0) is 13.1 Å². The molecular weight excluding hydrogens is 327 g/mol. The third-order valence-corrected chi connectivity index (χ3v) is 4.36. The first-order chi connectivity index (χ1) is 12.7. The minimum absolute atomic E-state index is 0.127. The van der Waals surface area contributed by atoms with E-state index in [2.05, 4.69) is 16.7 Å². The molecule has 0 radical (unpaired) electrons. The molecule has 1 amide bonds. The number of aromatic nitrogens is 1. The quantitative estimate of drug-likeness (QED) is 0.605. The monoisotopic (exact) mass is 350 g/mol. The topological polar surface area (TPSA) is 25.2 Å². The van der Waals surface area contributed by atoms with Crippen LogP contribution in [0.4, 0.5) is 4.39 Å². The average Bonchev–Trinajstić information content (AvgIpc) is 3.09. The number of hydrogen-bond acceptors (Lipinski definition) is 1. The van der Waals surface area contributed by atoms with Crippen molar-refractivity contribution in [3.8, 4) is 0 Å². The van der Waals surface area contributed by atoms with E-state index in [9.17, 15) is 9.18 Å². The van der Waals surface area contributed by atoms with Crippen LogP contribution in [0.1, 0.15) is 35.0 Å². The second-order valence-corrected chi connectivity index (χ2v) is 6.32. The second kappa shape index (κ2) is 8.48. The van der Waals surface area contributed by atoms with Gasteiger partial charge in [-0.2, -0.15) is 0 Å². The van der Waals surface area contributed by atoms with Crippen LogP contribution >= 0.6 is 0 Å². The van der Waals surface area contributed by atoms with Gasteiger partial charge in [0.25, 0.3) is 5.91 Å². The first-order valence-corrected chi connectivity index (χ1v) is 8.90. The summed E-state index contributed by atoms with van der Waals surface area (Å²) in [6.07, 6.45) is 2.83. The Hall–Kier alpha value is -2.88. The summed E-state index contributed by atoms with van der Waals surface area (Å²) < 4.78 is 16.2. The molecule has 0 N–H and O–H groups in total. The van der Waals surface area contributed by atoms with E-state index < -0.39 is 5.82 Å². The molecule has 4 heteroatoms. The Balaban J connectivity index is 1.80. The molecular formula is C22H23FN2O. The number of nitrogens with zero attached hydrogens (tertiary/aromatic N) is 2. The SMILES string of the molecule is CCCN(Cc1cccn1Cc1ccccc1)C(=O)c1ccccc1F. The van der Waals surface area contributed by atoms with E-state index in [1.165, 1.54) is 11.6 Å². The van der Waals surface area contributed by atoms with Gasteiger partial charge in [0.05, 0.1) is 12.1 Å². The van der Waals surface area contributed by atoms with E-state index in [4.69, 9.17) is 0 Å². The smallest absolute Gasteiger partial charge is 0.257 e. The highest BCUT2D eigenvalue weighted by Gasteiger charge is 2.19. The maximum Gasteiger partial charge on any atom is 0.257 e. The van der Waals surface area contributed by atoms with Gasteiger partial charge in [0, 0.05) is 25.0 Å². The molecule has 3 nitrogen and oxygen atoms in total. The van der Waals surface area contributed by atoms with Crippen molar-refractivity contribution in [2.24, 2.45) is 0 Å². The van der Waals surface area contributed by atoms with Crippen molar-refractivity contribution in [2.75, 3.05) is 6.54 Å². The van der Waals surface area contributed by atoms with Gasteiger partial charge in [0.15, 0.2) is 0 Å². The third kappa shape index (κ3) is 4.20. The van der Waals surface area contributed by atoms with Gasteiger partial charge in [-0.05, 0) is 36.2 Å². The molecule has 3 rings (SSSR count). The van der Waals surface area contributed by atoms with E-state index in [0.29, 0.717) is 13.1 Å². The minimum atomic E-state index is -0.474. The molecule has 0 saturated carbocycles. The molecule has 26 heavy (non-hydrogen) atoms. The molecule has 0 unspecified atom stereocenters. The number of amides is 1. The van der Waals surface area contributed by atoms with E-state index in [0.717, 1.165) is 18.7 Å². The van der Waals surface area contributed by atoms with Gasteiger partial charge in [-0.1, -0.05) is 49.4 Å². The van der Waals surface area contributed by atoms with E-state index in [1.807, 2.05) is 43.5 Å². The van der Waals surface area contributed by atoms with Crippen molar-refractivity contribution in [1.82, 2.24) is 9.47 Å². The molecule has 0 aliphatic heterocycles. The lowest BCUT2D eigenvalue weighted by molar-refractivity contribution is 0.0735. The fourth-order valence-corrected chi connectivity index (χ4v) is 3.05. The Morgan fingerprint density at radius 3 is 2.46 bits per heavy atom. The van der Waals surface area contributed by atoms with Crippen molar-refractivity contribution in [2.45, 2.75) is 26.4 Å². The van der Waals surface area contributed by atoms with Gasteiger partial charge < -0.3 is 9.47 Å². The van der Waals surface area contributed by atoms with E-state index >= 15 is 0 Å². The molecule has 0 atom stereocenters. The van der Waals surface area contributed by atoms with Crippen LogP contribution in [0.5, 0.6) is 0 Å². The fraction of sp³-hybridized carbons (Fsp3) is 0.227. The van der Waals surface area contributed by atoms with Gasteiger partial charge in [-0.25, -0.2) is 4.39 Å². The maximum atomic E-state index is 14.0. The number of benzene rings is 2. The van der Waals surface area contributed by atoms with Crippen molar-refractivity contribution in [3.63, 3.8) is 0 Å². The second-order valence-electron chi connectivity index (χ2n) is 6.32. The fourth-order valence-electron chi connectivity index (χ4n) is 3.05. The van der Waals surface area contributed by atoms with Crippen LogP contribution in [-0.4, -0.2) is 21.9 Å². The zero-order chi connectivity index (χ0) is 18.4. The predicted molar refractivity (Wildman–Crippen MR) is 101 cm³/mol. The number of halogens is 1. The summed E-state index contributed by atoms with van der Waals surface area (Å²) in [5.41, 5.74) is 2.36. The Morgan fingerprint density at radius 1 is 1.00 bits per heavy atom. The molecule has 134 valence electrons. The normalized spacial score (nSPS) is 10.7. The van der Waals surface area contributed by atoms with Crippen molar-refractivity contribution >= 4 is 5.91 Å². The highest BCUT2D eigenvalue weighted by atomic mass is 19.1. The number of hydrogen-bond donors (Lipinski definition) is 0. The highest BCUT2D eigenvalue weighted by Crippen LogP contribution is 2.15. The van der Waals surface area contributed by atoms with Gasteiger partial charge in [0.2, 0.25) is 0 Å². The van der Waals surface area contributed by atoms with Crippen LogP contribution in [0, 0.1) is 5.82 Å². The third-order valence-electron chi connectivity index (χ3n) is 4.36. The lowest BCUT2D eigenvalue weighted by Gasteiger charge is -2.23. The molecule has 0 aliphatic carbocycles. The van der Waals surface area contributed by atoms with Gasteiger partial charge in [0.1, 0.15) is 5.82 Å². The lowest BCUT2D eigenvalue weighted by atomic mass is 10.1. The summed E-state index contributed by atoms with van der Waals surface area (Å²) in [4.78, 5) is 14.5. The summed E-state index contributed by atoms with van der Waals surface area (Å²) in [5, 5.41) is 0. The Morgan fingerprint density at radius 2 is 1.73 bits per heavy atom. The van der Waals surface area contributed by atoms with Gasteiger partial charge in [-0.3, -0.25) is 4.79 Å². The molecule has 1 aromatic heterocycles. The average molecular weight is 350 g/mol. The number of carbonyl (C=O) groups is 1. The van der Waals surface area contributed by atoms with Crippen LogP contribution in [0.2, 0.25) is 0 Å². The van der Waals surface area contributed by atoms with E-state index in [1.54, 1.807) is 23.1 Å². The Bertz CT molecular complexity index is 857. The van der Waals surface area contributed by atoms with E-state index in [-0.39, 0.29) is 11.5 Å². The van der Waals surface area contributed by atoms with Crippen molar-refractivity contribution < 1.29 is 9.18 Å². The largest absolute Gasteiger partial charge is 0.345 e. The summed E-state index contributed by atoms with van der Waals surface area (Å²) in [7, 11) is 0. The van der Waals surface area contributed by atoms with Crippen LogP contribution < -0.4 is 0 Å². The molecule has 0 fully saturated rings. The summed E-state index contributed by atoms with van der Waals surface area (Å²) in [6, 6.07) is 20.4. The van der Waals surface area contributed by atoms with Crippen molar-refractivity contribution in [3.05, 3.63) is 95.6 Å². The zero-order valence-corrected chi connectivity index (χ0v) is 14.9. The lowest BCUT2D eigenvalue weighted by Crippen LogP contribution is -2.32. The highest BCUT2D eigenvalue weighted by molar-refractivity contribution is 5.94. The van der Waals surface area contributed by atoms with Crippen molar-refractivity contribution in [1.29, 1.82) is 0 Å². The molecule has 0 saturated heterocycles. The van der Waals surface area contributed by atoms with Gasteiger partial charge >= 0.3 is 0 Å². The first-order valence-electron chi connectivity index (χ1n) is 8.90. The predicted octanol–water partition coefficient (Wildman–Crippen LogP) is 4.73. The maximum absolute atomic E-state index is 14.0. The van der Waals surface area contributed by atoms with Crippen LogP contribution in [0.25, 0.3) is 0 Å². The molecule has 1 heterocycles. The molecule has 0 bridgehead atoms. The summed E-state index contributed by atoms with van der Waals surface area (Å²) in [6.45, 7) is 3.81. The molecule has 0 spiro atoms. The summed E-state index contributed by atoms with van der Waals surface area (Å²) in [5.74, 6) is -0.740. The number of carbonyl (C=O) groups excluding carboxylic acids is 1. The Labute approximate surface area is 153 Å². The van der Waals surface area contributed by atoms with Crippen LogP contribution in [0.15, 0.2) is 72.9 Å². The first kappa shape index (κ1) is 17.9. The Kier molecular flexibility index (Phi) is 5.84. The molecule has 2 aromatic carbocycles. The summed E-state index contributed by atoms with van der Waals surface area (Å²) >= 11 is 0. The molecule has 3 aromatic rings.